The normalized spacial score (nSPS) is 18.3. The fourth-order valence-electron chi connectivity index (χ4n) is 4.00. The maximum absolute atomic E-state index is 12.0. The summed E-state index contributed by atoms with van der Waals surface area (Å²) in [5.41, 5.74) is 3.18. The lowest BCUT2D eigenvalue weighted by molar-refractivity contribution is 0.333. The highest BCUT2D eigenvalue weighted by atomic mass is 16.1. The first-order valence-electron chi connectivity index (χ1n) is 9.81. The van der Waals surface area contributed by atoms with Gasteiger partial charge in [0.15, 0.2) is 5.82 Å². The molecule has 0 aromatic carbocycles. The fraction of sp³-hybridized carbons (Fsp3) is 0.500. The van der Waals surface area contributed by atoms with E-state index in [1.54, 1.807) is 16.8 Å². The van der Waals surface area contributed by atoms with Gasteiger partial charge < -0.3 is 4.90 Å². The molecule has 4 heterocycles. The number of hydrogen-bond acceptors (Lipinski definition) is 5. The Morgan fingerprint density at radius 3 is 2.70 bits per heavy atom. The molecule has 27 heavy (non-hydrogen) atoms. The molecule has 1 saturated carbocycles. The van der Waals surface area contributed by atoms with Crippen molar-refractivity contribution in [2.45, 2.75) is 45.1 Å². The van der Waals surface area contributed by atoms with Crippen molar-refractivity contribution >= 4 is 11.3 Å². The molecular weight excluding hydrogens is 340 g/mol. The minimum absolute atomic E-state index is 0.0127. The van der Waals surface area contributed by atoms with E-state index < -0.39 is 0 Å². The third kappa shape index (κ3) is 3.22. The fourth-order valence-corrected chi connectivity index (χ4v) is 4.00. The van der Waals surface area contributed by atoms with Crippen molar-refractivity contribution < 1.29 is 0 Å². The van der Waals surface area contributed by atoms with E-state index in [0.29, 0.717) is 18.4 Å². The lowest BCUT2D eigenvalue weighted by atomic mass is 9.97. The average molecular weight is 364 g/mol. The van der Waals surface area contributed by atoms with Gasteiger partial charge in [0, 0.05) is 44.0 Å². The minimum atomic E-state index is -0.0127. The van der Waals surface area contributed by atoms with Crippen LogP contribution in [0.5, 0.6) is 0 Å². The SMILES string of the molecule is Cc1ccc(=O)n(CC2CCN(c3nccn4nc(C5CC5)cc34)CC2)n1. The number of rotatable bonds is 4. The van der Waals surface area contributed by atoms with Gasteiger partial charge in [-0.2, -0.15) is 10.2 Å². The number of aryl methyl sites for hydroxylation is 1. The first-order valence-corrected chi connectivity index (χ1v) is 9.81. The molecule has 0 N–H and O–H groups in total. The molecule has 140 valence electrons. The van der Waals surface area contributed by atoms with Crippen LogP contribution in [0.4, 0.5) is 5.82 Å². The van der Waals surface area contributed by atoms with E-state index in [4.69, 9.17) is 5.10 Å². The highest BCUT2D eigenvalue weighted by molar-refractivity contribution is 5.69. The zero-order chi connectivity index (χ0) is 18.4. The first kappa shape index (κ1) is 16.5. The Labute approximate surface area is 157 Å². The highest BCUT2D eigenvalue weighted by Crippen LogP contribution is 2.40. The monoisotopic (exact) mass is 364 g/mol. The largest absolute Gasteiger partial charge is 0.355 e. The summed E-state index contributed by atoms with van der Waals surface area (Å²) in [5.74, 6) is 2.14. The van der Waals surface area contributed by atoms with Gasteiger partial charge >= 0.3 is 0 Å². The van der Waals surface area contributed by atoms with Crippen molar-refractivity contribution in [3.8, 4) is 0 Å². The summed E-state index contributed by atoms with van der Waals surface area (Å²) in [4.78, 5) is 19.0. The molecule has 5 rings (SSSR count). The van der Waals surface area contributed by atoms with E-state index in [2.05, 4.69) is 21.0 Å². The van der Waals surface area contributed by atoms with Gasteiger partial charge in [0.1, 0.15) is 5.52 Å². The van der Waals surface area contributed by atoms with Gasteiger partial charge in [-0.15, -0.1) is 0 Å². The van der Waals surface area contributed by atoms with E-state index in [9.17, 15) is 4.79 Å². The molecule has 0 radical (unpaired) electrons. The summed E-state index contributed by atoms with van der Waals surface area (Å²) >= 11 is 0. The summed E-state index contributed by atoms with van der Waals surface area (Å²) < 4.78 is 3.59. The van der Waals surface area contributed by atoms with Gasteiger partial charge in [0.25, 0.3) is 5.56 Å². The number of fused-ring (bicyclic) bond motifs is 1. The van der Waals surface area contributed by atoms with Crippen LogP contribution in [0.3, 0.4) is 0 Å². The second-order valence-corrected chi connectivity index (χ2v) is 7.85. The minimum Gasteiger partial charge on any atom is -0.355 e. The third-order valence-corrected chi connectivity index (χ3v) is 5.73. The molecule has 1 aliphatic carbocycles. The van der Waals surface area contributed by atoms with Crippen LogP contribution < -0.4 is 10.5 Å². The molecule has 2 fully saturated rings. The van der Waals surface area contributed by atoms with Gasteiger partial charge in [-0.1, -0.05) is 0 Å². The first-order chi connectivity index (χ1) is 13.2. The van der Waals surface area contributed by atoms with Crippen molar-refractivity contribution in [2.75, 3.05) is 18.0 Å². The van der Waals surface area contributed by atoms with Crippen molar-refractivity contribution in [1.29, 1.82) is 0 Å². The number of anilines is 1. The van der Waals surface area contributed by atoms with E-state index in [1.807, 2.05) is 23.8 Å². The Morgan fingerprint density at radius 1 is 1.11 bits per heavy atom. The van der Waals surface area contributed by atoms with E-state index in [0.717, 1.165) is 43.0 Å². The lowest BCUT2D eigenvalue weighted by Crippen LogP contribution is -2.37. The molecule has 1 aliphatic heterocycles. The maximum Gasteiger partial charge on any atom is 0.266 e. The number of aromatic nitrogens is 5. The molecule has 7 heteroatoms. The van der Waals surface area contributed by atoms with Crippen molar-refractivity contribution in [3.05, 3.63) is 52.3 Å². The van der Waals surface area contributed by atoms with Gasteiger partial charge in [-0.25, -0.2) is 14.2 Å². The summed E-state index contributed by atoms with van der Waals surface area (Å²) in [6.07, 6.45) is 8.36. The maximum atomic E-state index is 12.0. The highest BCUT2D eigenvalue weighted by Gasteiger charge is 2.28. The predicted octanol–water partition coefficient (Wildman–Crippen LogP) is 2.39. The molecule has 1 saturated heterocycles. The molecule has 3 aromatic rings. The molecule has 3 aromatic heterocycles. The zero-order valence-electron chi connectivity index (χ0n) is 15.6. The lowest BCUT2D eigenvalue weighted by Gasteiger charge is -2.33. The average Bonchev–Trinajstić information content (AvgIpc) is 3.44. The summed E-state index contributed by atoms with van der Waals surface area (Å²) in [7, 11) is 0. The van der Waals surface area contributed by atoms with Crippen LogP contribution in [0, 0.1) is 12.8 Å². The molecule has 0 unspecified atom stereocenters. The van der Waals surface area contributed by atoms with Crippen LogP contribution in [0.1, 0.15) is 43.0 Å². The molecule has 2 aliphatic rings. The van der Waals surface area contributed by atoms with E-state index >= 15 is 0 Å². The number of nitrogens with zero attached hydrogens (tertiary/aromatic N) is 6. The zero-order valence-corrected chi connectivity index (χ0v) is 15.6. The Kier molecular flexibility index (Phi) is 3.95. The Bertz CT molecular complexity index is 1030. The second kappa shape index (κ2) is 6.48. The topological polar surface area (TPSA) is 68.3 Å². The molecule has 0 spiro atoms. The Balaban J connectivity index is 1.31. The van der Waals surface area contributed by atoms with Crippen LogP contribution >= 0.6 is 0 Å². The van der Waals surface area contributed by atoms with E-state index in [-0.39, 0.29) is 5.56 Å². The smallest absolute Gasteiger partial charge is 0.266 e. The quantitative estimate of drug-likeness (QED) is 0.711. The van der Waals surface area contributed by atoms with Crippen LogP contribution in [-0.2, 0) is 6.54 Å². The van der Waals surface area contributed by atoms with Crippen LogP contribution in [-0.4, -0.2) is 37.5 Å². The summed E-state index contributed by atoms with van der Waals surface area (Å²) in [5, 5.41) is 9.10. The summed E-state index contributed by atoms with van der Waals surface area (Å²) in [6, 6.07) is 5.59. The van der Waals surface area contributed by atoms with Crippen molar-refractivity contribution in [1.82, 2.24) is 24.4 Å². The van der Waals surface area contributed by atoms with E-state index in [1.165, 1.54) is 18.5 Å². The number of piperidine rings is 1. The molecule has 0 atom stereocenters. The van der Waals surface area contributed by atoms with Crippen molar-refractivity contribution in [3.63, 3.8) is 0 Å². The Morgan fingerprint density at radius 2 is 1.93 bits per heavy atom. The van der Waals surface area contributed by atoms with Crippen LogP contribution in [0.2, 0.25) is 0 Å². The predicted molar refractivity (Wildman–Crippen MR) is 103 cm³/mol. The molecule has 0 amide bonds. The van der Waals surface area contributed by atoms with Crippen LogP contribution in [0.25, 0.3) is 5.52 Å². The van der Waals surface area contributed by atoms with Gasteiger partial charge in [0.2, 0.25) is 0 Å². The number of hydrogen-bond donors (Lipinski definition) is 0. The van der Waals surface area contributed by atoms with Gasteiger partial charge in [0.05, 0.1) is 11.4 Å². The van der Waals surface area contributed by atoms with Crippen molar-refractivity contribution in [2.24, 2.45) is 5.92 Å². The summed E-state index contributed by atoms with van der Waals surface area (Å²) in [6.45, 7) is 4.51. The Hall–Kier alpha value is -2.70. The molecule has 7 nitrogen and oxygen atoms in total. The van der Waals surface area contributed by atoms with Gasteiger partial charge in [-0.05, 0) is 50.7 Å². The standard InChI is InChI=1S/C20H24N6O/c1-14-2-5-19(27)26(22-14)13-15-6-9-24(10-7-15)20-18-12-17(16-3-4-16)23-25(18)11-8-21-20/h2,5,8,11-12,15-16H,3-4,6-7,9-10,13H2,1H3. The van der Waals surface area contributed by atoms with Gasteiger partial charge in [-0.3, -0.25) is 4.79 Å². The van der Waals surface area contributed by atoms with Crippen LogP contribution in [0.15, 0.2) is 35.4 Å². The second-order valence-electron chi connectivity index (χ2n) is 7.85. The molecular formula is C20H24N6O. The third-order valence-electron chi connectivity index (χ3n) is 5.73. The molecule has 0 bridgehead atoms.